The number of aromatic nitrogens is 3. The van der Waals surface area contributed by atoms with Crippen molar-refractivity contribution >= 4 is 17.5 Å². The van der Waals surface area contributed by atoms with Gasteiger partial charge in [-0.25, -0.2) is 13.5 Å². The van der Waals surface area contributed by atoms with Crippen molar-refractivity contribution in [1.82, 2.24) is 25.0 Å². The number of hydrogen-bond donors (Lipinski definition) is 2. The van der Waals surface area contributed by atoms with Crippen LogP contribution in [-0.2, 0) is 17.6 Å². The van der Waals surface area contributed by atoms with Crippen molar-refractivity contribution < 1.29 is 36.6 Å². The van der Waals surface area contributed by atoms with Gasteiger partial charge in [-0.1, -0.05) is 0 Å². The van der Waals surface area contributed by atoms with Gasteiger partial charge in [0.25, 0.3) is 5.91 Å². The van der Waals surface area contributed by atoms with E-state index in [1.807, 2.05) is 0 Å². The zero-order chi connectivity index (χ0) is 31.2. The second kappa shape index (κ2) is 11.0. The predicted octanol–water partition coefficient (Wildman–Crippen LogP) is 4.29. The monoisotopic (exact) mass is 612 g/mol. The Balaban J connectivity index is 1.29. The number of amides is 2. The fraction of sp³-hybridized carbons (Fsp3) is 0.267. The smallest absolute Gasteiger partial charge is 0.392 e. The molecule has 0 bridgehead atoms. The zero-order valence-electron chi connectivity index (χ0n) is 23.0. The minimum Gasteiger partial charge on any atom is -0.392 e. The Morgan fingerprint density at radius 1 is 1.00 bits per heavy atom. The fourth-order valence-corrected chi connectivity index (χ4v) is 5.86. The third kappa shape index (κ3) is 5.04. The third-order valence-corrected chi connectivity index (χ3v) is 8.12. The molecule has 2 N–H and O–H groups in total. The molecule has 14 heteroatoms. The summed E-state index contributed by atoms with van der Waals surface area (Å²) < 4.78 is 69.1. The minimum atomic E-state index is -4.88. The highest BCUT2D eigenvalue weighted by atomic mass is 19.4. The lowest BCUT2D eigenvalue weighted by molar-refractivity contribution is -0.140. The summed E-state index contributed by atoms with van der Waals surface area (Å²) >= 11 is 0. The summed E-state index contributed by atoms with van der Waals surface area (Å²) in [6.07, 6.45) is -1.43. The molecule has 44 heavy (non-hydrogen) atoms. The highest BCUT2D eigenvalue weighted by Gasteiger charge is 2.51. The van der Waals surface area contributed by atoms with E-state index >= 15 is 0 Å². The van der Waals surface area contributed by atoms with Crippen molar-refractivity contribution in [3.8, 4) is 16.9 Å². The summed E-state index contributed by atoms with van der Waals surface area (Å²) in [5.41, 5.74) is -0.783. The summed E-state index contributed by atoms with van der Waals surface area (Å²) in [6, 6.07) is 11.1. The van der Waals surface area contributed by atoms with Crippen LogP contribution in [0.4, 0.5) is 27.6 Å². The molecule has 2 aromatic carbocycles. The first-order chi connectivity index (χ1) is 21.0. The van der Waals surface area contributed by atoms with Crippen LogP contribution in [0.1, 0.15) is 34.5 Å². The maximum Gasteiger partial charge on any atom is 0.419 e. The van der Waals surface area contributed by atoms with E-state index in [9.17, 15) is 36.6 Å². The van der Waals surface area contributed by atoms with Gasteiger partial charge in [-0.2, -0.15) is 18.3 Å². The number of aliphatic hydroxyl groups excluding tert-OH is 1. The van der Waals surface area contributed by atoms with Crippen LogP contribution in [0, 0.1) is 11.6 Å². The zero-order valence-corrected chi connectivity index (χ0v) is 23.0. The van der Waals surface area contributed by atoms with Crippen LogP contribution < -0.4 is 10.2 Å². The summed E-state index contributed by atoms with van der Waals surface area (Å²) in [6.45, 7) is 0.0358. The van der Waals surface area contributed by atoms with Crippen LogP contribution in [-0.4, -0.2) is 61.9 Å². The van der Waals surface area contributed by atoms with Gasteiger partial charge in [-0.15, -0.1) is 0 Å². The molecule has 2 aliphatic rings. The summed E-state index contributed by atoms with van der Waals surface area (Å²) in [5, 5.41) is 17.0. The van der Waals surface area contributed by atoms with E-state index in [0.29, 0.717) is 34.6 Å². The number of piperidine rings is 1. The molecule has 0 saturated carbocycles. The number of benzene rings is 2. The van der Waals surface area contributed by atoms with Crippen LogP contribution >= 0.6 is 0 Å². The number of pyridine rings is 1. The molecule has 2 fully saturated rings. The number of halogens is 5. The number of carbonyl (C=O) groups excluding carboxylic acids is 2. The maximum absolute atomic E-state index is 14.5. The standard InChI is InChI=1S/C30H25F5N6O3/c31-20-1-4-25(19(13-20)16-42)40-17-37-28(44)29(40)7-11-39(12-8-29)27(43)24-15-26(18-5-9-36-10-6-18)41(38-24)21-2-3-22(23(32)14-21)30(33,34)35/h1-6,9-10,13-15,42H,7-8,11-12,16-17H2,(H,37,44). The number of hydrogen-bond acceptors (Lipinski definition) is 6. The van der Waals surface area contributed by atoms with Crippen LogP contribution in [0.2, 0.25) is 0 Å². The number of aliphatic hydroxyl groups is 1. The molecule has 0 atom stereocenters. The molecule has 0 aliphatic carbocycles. The highest BCUT2D eigenvalue weighted by Crippen LogP contribution is 2.39. The van der Waals surface area contributed by atoms with Gasteiger partial charge in [0, 0.05) is 48.4 Å². The van der Waals surface area contributed by atoms with Gasteiger partial charge in [0.2, 0.25) is 5.91 Å². The van der Waals surface area contributed by atoms with Crippen molar-refractivity contribution in [3.05, 3.63) is 95.4 Å². The quantitative estimate of drug-likeness (QED) is 0.326. The van der Waals surface area contributed by atoms with Crippen LogP contribution in [0.3, 0.4) is 0 Å². The molecule has 9 nitrogen and oxygen atoms in total. The summed E-state index contributed by atoms with van der Waals surface area (Å²) in [4.78, 5) is 34.1. The molecule has 2 aliphatic heterocycles. The van der Waals surface area contributed by atoms with Crippen molar-refractivity contribution in [1.29, 1.82) is 0 Å². The largest absolute Gasteiger partial charge is 0.419 e. The molecule has 4 aromatic rings. The Kier molecular flexibility index (Phi) is 7.32. The van der Waals surface area contributed by atoms with E-state index < -0.39 is 41.4 Å². The minimum absolute atomic E-state index is 0.0174. The Hall–Kier alpha value is -4.85. The van der Waals surface area contributed by atoms with Crippen molar-refractivity contribution in [2.24, 2.45) is 0 Å². The van der Waals surface area contributed by atoms with Gasteiger partial charge in [0.05, 0.1) is 30.2 Å². The van der Waals surface area contributed by atoms with E-state index in [-0.39, 0.29) is 49.9 Å². The van der Waals surface area contributed by atoms with E-state index in [0.717, 1.165) is 6.07 Å². The number of alkyl halides is 3. The summed E-state index contributed by atoms with van der Waals surface area (Å²) in [7, 11) is 0. The van der Waals surface area contributed by atoms with Crippen molar-refractivity contribution in [2.75, 3.05) is 24.7 Å². The van der Waals surface area contributed by atoms with E-state index in [1.165, 1.54) is 46.2 Å². The van der Waals surface area contributed by atoms with Crippen molar-refractivity contribution in [3.63, 3.8) is 0 Å². The predicted molar refractivity (Wildman–Crippen MR) is 147 cm³/mol. The molecule has 1 spiro atoms. The molecule has 0 unspecified atom stereocenters. The first-order valence-corrected chi connectivity index (χ1v) is 13.6. The molecule has 6 rings (SSSR count). The van der Waals surface area contributed by atoms with Gasteiger partial charge in [-0.3, -0.25) is 14.6 Å². The lowest BCUT2D eigenvalue weighted by Gasteiger charge is -2.43. The number of nitrogens with zero attached hydrogens (tertiary/aromatic N) is 5. The molecule has 4 heterocycles. The Bertz CT molecular complexity index is 1730. The van der Waals surface area contributed by atoms with E-state index in [1.54, 1.807) is 17.0 Å². The van der Waals surface area contributed by atoms with Crippen molar-refractivity contribution in [2.45, 2.75) is 31.2 Å². The van der Waals surface area contributed by atoms with Crippen LogP contribution in [0.25, 0.3) is 16.9 Å². The number of likely N-dealkylation sites (tertiary alicyclic amines) is 1. The number of rotatable bonds is 5. The first kappa shape index (κ1) is 29.2. The lowest BCUT2D eigenvalue weighted by atomic mass is 9.85. The normalized spacial score (nSPS) is 16.5. The molecule has 228 valence electrons. The molecule has 2 amide bonds. The average Bonchev–Trinajstić information content (AvgIpc) is 3.59. The second-order valence-electron chi connectivity index (χ2n) is 10.6. The van der Waals surface area contributed by atoms with Crippen LogP contribution in [0.15, 0.2) is 67.0 Å². The van der Waals surface area contributed by atoms with Gasteiger partial charge >= 0.3 is 6.18 Å². The van der Waals surface area contributed by atoms with Crippen LogP contribution in [0.5, 0.6) is 0 Å². The molecule has 2 aromatic heterocycles. The van der Waals surface area contributed by atoms with E-state index in [2.05, 4.69) is 15.4 Å². The Labute approximate surface area is 247 Å². The average molecular weight is 613 g/mol. The molecular formula is C30H25F5N6O3. The fourth-order valence-electron chi connectivity index (χ4n) is 5.86. The number of nitrogens with one attached hydrogen (secondary N) is 1. The van der Waals surface area contributed by atoms with Gasteiger partial charge in [0.15, 0.2) is 5.69 Å². The highest BCUT2D eigenvalue weighted by molar-refractivity contribution is 5.96. The molecule has 0 radical (unpaired) electrons. The number of carbonyl (C=O) groups is 2. The second-order valence-corrected chi connectivity index (χ2v) is 10.6. The Morgan fingerprint density at radius 2 is 1.73 bits per heavy atom. The molecular weight excluding hydrogens is 587 g/mol. The molecule has 2 saturated heterocycles. The number of anilines is 1. The van der Waals surface area contributed by atoms with Gasteiger partial charge in [0.1, 0.15) is 17.2 Å². The summed E-state index contributed by atoms with van der Waals surface area (Å²) in [5.74, 6) is -2.73. The lowest BCUT2D eigenvalue weighted by Crippen LogP contribution is -2.57. The van der Waals surface area contributed by atoms with E-state index in [4.69, 9.17) is 0 Å². The van der Waals surface area contributed by atoms with Gasteiger partial charge < -0.3 is 20.2 Å². The SMILES string of the molecule is O=C(c1cc(-c2ccncc2)n(-c2ccc(C(F)(F)F)c(F)c2)n1)N1CCC2(CC1)C(=O)NCN2c1ccc(F)cc1CO. The first-order valence-electron chi connectivity index (χ1n) is 13.6. The Morgan fingerprint density at radius 3 is 2.39 bits per heavy atom. The topological polar surface area (TPSA) is 104 Å². The van der Waals surface area contributed by atoms with Gasteiger partial charge in [-0.05, 0) is 61.4 Å². The maximum atomic E-state index is 14.5. The third-order valence-electron chi connectivity index (χ3n) is 8.12.